The maximum atomic E-state index is 4.84. The SMILES string of the molecule is C/C(=N\n1cc(-c2ccccc2)nc1-c1ccccc1)c1ccncc1. The molecule has 4 heteroatoms. The first-order chi connectivity index (χ1) is 12.8. The number of aromatic nitrogens is 3. The summed E-state index contributed by atoms with van der Waals surface area (Å²) in [5.41, 5.74) is 4.94. The van der Waals surface area contributed by atoms with Gasteiger partial charge in [0.15, 0.2) is 5.82 Å². The molecule has 0 atom stereocenters. The van der Waals surface area contributed by atoms with Crippen LogP contribution in [0.1, 0.15) is 12.5 Å². The zero-order chi connectivity index (χ0) is 17.8. The predicted octanol–water partition coefficient (Wildman–Crippen LogP) is 4.88. The summed E-state index contributed by atoms with van der Waals surface area (Å²) in [7, 11) is 0. The van der Waals surface area contributed by atoms with E-state index < -0.39 is 0 Å². The largest absolute Gasteiger partial charge is 0.265 e. The second kappa shape index (κ2) is 7.15. The molecular weight excluding hydrogens is 320 g/mol. The highest BCUT2D eigenvalue weighted by molar-refractivity contribution is 5.98. The quantitative estimate of drug-likeness (QED) is 0.498. The summed E-state index contributed by atoms with van der Waals surface area (Å²) in [5.74, 6) is 0.817. The van der Waals surface area contributed by atoms with Crippen LogP contribution in [0.2, 0.25) is 0 Å². The first kappa shape index (κ1) is 16.0. The van der Waals surface area contributed by atoms with Crippen molar-refractivity contribution in [2.45, 2.75) is 6.92 Å². The van der Waals surface area contributed by atoms with E-state index in [1.807, 2.05) is 78.5 Å². The average molecular weight is 338 g/mol. The number of pyridine rings is 1. The molecule has 0 bridgehead atoms. The lowest BCUT2D eigenvalue weighted by molar-refractivity contribution is 0.885. The van der Waals surface area contributed by atoms with Crippen molar-refractivity contribution >= 4 is 5.71 Å². The molecule has 0 spiro atoms. The molecule has 0 fully saturated rings. The first-order valence-electron chi connectivity index (χ1n) is 8.47. The molecule has 0 N–H and O–H groups in total. The number of nitrogens with zero attached hydrogens (tertiary/aromatic N) is 4. The van der Waals surface area contributed by atoms with Crippen LogP contribution in [0.4, 0.5) is 0 Å². The molecule has 2 aromatic carbocycles. The smallest absolute Gasteiger partial charge is 0.161 e. The second-order valence-electron chi connectivity index (χ2n) is 5.95. The fourth-order valence-electron chi connectivity index (χ4n) is 2.79. The van der Waals surface area contributed by atoms with Gasteiger partial charge in [0.1, 0.15) is 0 Å². The Kier molecular flexibility index (Phi) is 4.39. The molecule has 0 aliphatic carbocycles. The van der Waals surface area contributed by atoms with Gasteiger partial charge in [-0.3, -0.25) is 4.98 Å². The maximum absolute atomic E-state index is 4.84. The highest BCUT2D eigenvalue weighted by atomic mass is 15.4. The van der Waals surface area contributed by atoms with Crippen molar-refractivity contribution in [3.8, 4) is 22.6 Å². The number of imidazole rings is 1. The third-order valence-electron chi connectivity index (χ3n) is 4.15. The third kappa shape index (κ3) is 3.30. The van der Waals surface area contributed by atoms with Gasteiger partial charge >= 0.3 is 0 Å². The van der Waals surface area contributed by atoms with Crippen molar-refractivity contribution in [2.24, 2.45) is 5.10 Å². The van der Waals surface area contributed by atoms with Crippen LogP contribution in [0, 0.1) is 0 Å². The van der Waals surface area contributed by atoms with Gasteiger partial charge in [-0.15, -0.1) is 0 Å². The Morgan fingerprint density at radius 3 is 2.08 bits per heavy atom. The molecule has 26 heavy (non-hydrogen) atoms. The van der Waals surface area contributed by atoms with Gasteiger partial charge in [-0.1, -0.05) is 60.7 Å². The van der Waals surface area contributed by atoms with E-state index in [-0.39, 0.29) is 0 Å². The van der Waals surface area contributed by atoms with Crippen molar-refractivity contribution in [3.05, 3.63) is 97.0 Å². The Morgan fingerprint density at radius 1 is 0.808 bits per heavy atom. The van der Waals surface area contributed by atoms with E-state index in [1.54, 1.807) is 12.4 Å². The van der Waals surface area contributed by atoms with E-state index in [9.17, 15) is 0 Å². The lowest BCUT2D eigenvalue weighted by atomic mass is 10.2. The van der Waals surface area contributed by atoms with Crippen molar-refractivity contribution in [3.63, 3.8) is 0 Å². The maximum Gasteiger partial charge on any atom is 0.161 e. The number of hydrogen-bond acceptors (Lipinski definition) is 3. The van der Waals surface area contributed by atoms with Gasteiger partial charge in [0.25, 0.3) is 0 Å². The van der Waals surface area contributed by atoms with Crippen LogP contribution in [0.3, 0.4) is 0 Å². The van der Waals surface area contributed by atoms with Gasteiger partial charge in [-0.2, -0.15) is 5.10 Å². The van der Waals surface area contributed by atoms with Gasteiger partial charge in [0.2, 0.25) is 0 Å². The molecule has 4 nitrogen and oxygen atoms in total. The van der Waals surface area contributed by atoms with Crippen molar-refractivity contribution in [2.75, 3.05) is 0 Å². The van der Waals surface area contributed by atoms with Crippen molar-refractivity contribution < 1.29 is 0 Å². The lowest BCUT2D eigenvalue weighted by Crippen LogP contribution is -2.00. The van der Waals surface area contributed by atoms with E-state index in [4.69, 9.17) is 10.1 Å². The Balaban J connectivity index is 1.83. The van der Waals surface area contributed by atoms with Gasteiger partial charge in [0, 0.05) is 29.1 Å². The van der Waals surface area contributed by atoms with Crippen molar-refractivity contribution in [1.29, 1.82) is 0 Å². The summed E-state index contributed by atoms with van der Waals surface area (Å²) in [6.07, 6.45) is 5.52. The first-order valence-corrected chi connectivity index (χ1v) is 8.47. The van der Waals surface area contributed by atoms with E-state index in [0.717, 1.165) is 33.9 Å². The highest BCUT2D eigenvalue weighted by Crippen LogP contribution is 2.25. The fraction of sp³-hybridized carbons (Fsp3) is 0.0455. The van der Waals surface area contributed by atoms with Gasteiger partial charge < -0.3 is 0 Å². The topological polar surface area (TPSA) is 43.1 Å². The minimum atomic E-state index is 0.817. The molecular formula is C22H18N4. The molecule has 2 aromatic heterocycles. The molecule has 0 amide bonds. The molecule has 0 saturated heterocycles. The zero-order valence-corrected chi connectivity index (χ0v) is 14.4. The Morgan fingerprint density at radius 2 is 1.42 bits per heavy atom. The Hall–Kier alpha value is -3.53. The monoisotopic (exact) mass is 338 g/mol. The number of benzene rings is 2. The average Bonchev–Trinajstić information content (AvgIpc) is 3.14. The normalized spacial score (nSPS) is 11.5. The van der Waals surface area contributed by atoms with Crippen molar-refractivity contribution in [1.82, 2.24) is 14.6 Å². The van der Waals surface area contributed by atoms with Crippen LogP contribution >= 0.6 is 0 Å². The third-order valence-corrected chi connectivity index (χ3v) is 4.15. The summed E-state index contributed by atoms with van der Waals surface area (Å²) in [5, 5.41) is 4.79. The second-order valence-corrected chi connectivity index (χ2v) is 5.95. The van der Waals surface area contributed by atoms with Gasteiger partial charge in [0.05, 0.1) is 17.6 Å². The molecule has 4 aromatic rings. The summed E-state index contributed by atoms with van der Waals surface area (Å²) >= 11 is 0. The Bertz CT molecular complexity index is 1020. The Labute approximate surface area is 152 Å². The molecule has 126 valence electrons. The van der Waals surface area contributed by atoms with Gasteiger partial charge in [-0.05, 0) is 19.1 Å². The number of hydrogen-bond donors (Lipinski definition) is 0. The van der Waals surface area contributed by atoms with E-state index in [1.165, 1.54) is 0 Å². The highest BCUT2D eigenvalue weighted by Gasteiger charge is 2.11. The molecule has 2 heterocycles. The molecule has 0 aliphatic heterocycles. The fourth-order valence-corrected chi connectivity index (χ4v) is 2.79. The van der Waals surface area contributed by atoms with E-state index in [2.05, 4.69) is 17.1 Å². The molecule has 4 rings (SSSR count). The summed E-state index contributed by atoms with van der Waals surface area (Å²) < 4.78 is 1.85. The summed E-state index contributed by atoms with van der Waals surface area (Å²) in [6.45, 7) is 1.99. The molecule has 0 unspecified atom stereocenters. The molecule has 0 aliphatic rings. The lowest BCUT2D eigenvalue weighted by Gasteiger charge is -2.04. The van der Waals surface area contributed by atoms with Crippen LogP contribution in [0.25, 0.3) is 22.6 Å². The number of rotatable bonds is 4. The van der Waals surface area contributed by atoms with Crippen LogP contribution in [-0.4, -0.2) is 20.4 Å². The summed E-state index contributed by atoms with van der Waals surface area (Å²) in [6, 6.07) is 24.2. The predicted molar refractivity (Wildman–Crippen MR) is 105 cm³/mol. The van der Waals surface area contributed by atoms with Crippen LogP contribution < -0.4 is 0 Å². The van der Waals surface area contributed by atoms with E-state index >= 15 is 0 Å². The molecule has 0 radical (unpaired) electrons. The summed E-state index contributed by atoms with van der Waals surface area (Å²) in [4.78, 5) is 8.91. The van der Waals surface area contributed by atoms with Gasteiger partial charge in [-0.25, -0.2) is 9.66 Å². The standard InChI is InChI=1S/C22H18N4/c1-17(18-12-14-23-15-13-18)25-26-16-21(19-8-4-2-5-9-19)24-22(26)20-10-6-3-7-11-20/h2-16H,1H3/b25-17+. The molecule has 0 saturated carbocycles. The van der Waals surface area contributed by atoms with Crippen LogP contribution in [-0.2, 0) is 0 Å². The van der Waals surface area contributed by atoms with Crippen LogP contribution in [0.15, 0.2) is 96.5 Å². The minimum absolute atomic E-state index is 0.817. The van der Waals surface area contributed by atoms with E-state index in [0.29, 0.717) is 0 Å². The van der Waals surface area contributed by atoms with Crippen LogP contribution in [0.5, 0.6) is 0 Å². The zero-order valence-electron chi connectivity index (χ0n) is 14.4. The minimum Gasteiger partial charge on any atom is -0.265 e.